The fourth-order valence-electron chi connectivity index (χ4n) is 5.22. The number of halogens is 1. The van der Waals surface area contributed by atoms with Crippen LogP contribution in [0.3, 0.4) is 0 Å². The molecule has 174 valence electrons. The number of aromatic nitrogens is 4. The maximum atomic E-state index is 10.2. The summed E-state index contributed by atoms with van der Waals surface area (Å²) >= 11 is 6.70. The number of likely N-dealkylation sites (tertiary alicyclic amines) is 1. The van der Waals surface area contributed by atoms with Crippen LogP contribution in [0.25, 0.3) is 10.9 Å². The monoisotopic (exact) mass is 468 g/mol. The van der Waals surface area contributed by atoms with Gasteiger partial charge in [-0.3, -0.25) is 9.58 Å². The number of hydrogen-bond acceptors (Lipinski definition) is 7. The molecule has 2 unspecified atom stereocenters. The van der Waals surface area contributed by atoms with Crippen molar-refractivity contribution >= 4 is 34.1 Å². The molecule has 2 saturated heterocycles. The first-order valence-electron chi connectivity index (χ1n) is 11.8. The molecule has 2 atom stereocenters. The number of aliphatic hydroxyl groups is 1. The minimum atomic E-state index is -0.381. The van der Waals surface area contributed by atoms with E-state index in [2.05, 4.69) is 38.0 Å². The summed E-state index contributed by atoms with van der Waals surface area (Å²) in [6, 6.07) is 4.76. The van der Waals surface area contributed by atoms with Crippen LogP contribution in [0.1, 0.15) is 48.9 Å². The predicted molar refractivity (Wildman–Crippen MR) is 127 cm³/mol. The lowest BCUT2D eigenvalue weighted by Gasteiger charge is -2.36. The number of fused-ring (bicyclic) bond motifs is 1. The Kier molecular flexibility index (Phi) is 5.49. The third-order valence-corrected chi connectivity index (χ3v) is 7.67. The third kappa shape index (κ3) is 4.10. The van der Waals surface area contributed by atoms with Crippen LogP contribution in [-0.2, 0) is 4.74 Å². The number of ether oxygens (including phenoxy) is 1. The van der Waals surface area contributed by atoms with E-state index in [0.29, 0.717) is 31.1 Å². The fourth-order valence-corrected chi connectivity index (χ4v) is 5.54. The van der Waals surface area contributed by atoms with Crippen molar-refractivity contribution < 1.29 is 9.84 Å². The van der Waals surface area contributed by atoms with E-state index in [-0.39, 0.29) is 12.1 Å². The van der Waals surface area contributed by atoms with E-state index in [1.165, 1.54) is 12.8 Å². The van der Waals surface area contributed by atoms with Crippen LogP contribution in [0.5, 0.6) is 0 Å². The highest BCUT2D eigenvalue weighted by molar-refractivity contribution is 6.32. The van der Waals surface area contributed by atoms with Crippen LogP contribution >= 0.6 is 11.6 Å². The van der Waals surface area contributed by atoms with Gasteiger partial charge in [0.25, 0.3) is 0 Å². The van der Waals surface area contributed by atoms with Crippen LogP contribution in [-0.4, -0.2) is 68.2 Å². The normalized spacial score (nSPS) is 24.6. The Bertz CT molecular complexity index is 1170. The molecule has 2 N–H and O–H groups in total. The topological polar surface area (TPSA) is 88.3 Å². The summed E-state index contributed by atoms with van der Waals surface area (Å²) in [4.78, 5) is 11.6. The van der Waals surface area contributed by atoms with E-state index in [1.807, 2.05) is 18.5 Å². The van der Waals surface area contributed by atoms with Crippen LogP contribution in [0.4, 0.5) is 11.6 Å². The van der Waals surface area contributed by atoms with Gasteiger partial charge in [0.15, 0.2) is 0 Å². The summed E-state index contributed by atoms with van der Waals surface area (Å²) < 4.78 is 7.53. The lowest BCUT2D eigenvalue weighted by molar-refractivity contribution is 0.0663. The first-order chi connectivity index (χ1) is 16.1. The quantitative estimate of drug-likeness (QED) is 0.588. The molecule has 6 rings (SSSR count). The van der Waals surface area contributed by atoms with Gasteiger partial charge in [0.2, 0.25) is 5.95 Å². The Labute approximate surface area is 197 Å². The van der Waals surface area contributed by atoms with Gasteiger partial charge in [0.1, 0.15) is 0 Å². The molecule has 0 amide bonds. The molecule has 0 bridgehead atoms. The van der Waals surface area contributed by atoms with Crippen molar-refractivity contribution in [1.82, 2.24) is 24.6 Å². The van der Waals surface area contributed by atoms with Crippen molar-refractivity contribution in [3.8, 4) is 0 Å². The van der Waals surface area contributed by atoms with Crippen molar-refractivity contribution in [3.05, 3.63) is 40.8 Å². The van der Waals surface area contributed by atoms with Crippen LogP contribution in [0.15, 0.2) is 24.5 Å². The van der Waals surface area contributed by atoms with Crippen molar-refractivity contribution in [2.24, 2.45) is 0 Å². The number of benzene rings is 1. The molecule has 0 spiro atoms. The minimum absolute atomic E-state index is 0.118. The second kappa shape index (κ2) is 8.51. The second-order valence-corrected chi connectivity index (χ2v) is 9.96. The van der Waals surface area contributed by atoms with Crippen molar-refractivity contribution in [2.75, 3.05) is 31.6 Å². The van der Waals surface area contributed by atoms with Gasteiger partial charge in [0, 0.05) is 16.6 Å². The molecule has 2 aromatic heterocycles. The molecule has 3 fully saturated rings. The molecule has 1 aliphatic carbocycles. The number of hydrogen-bond donors (Lipinski definition) is 2. The zero-order valence-corrected chi connectivity index (χ0v) is 19.5. The second-order valence-electron chi connectivity index (χ2n) is 9.55. The standard InChI is InChI=1S/C24H29ClN6O2/c1-14-21(11-27-31(14)17-2-3-17)29-24-26-10-16-8-19(25)18(9-20(16)28-24)15-4-6-30(7-5-15)22-12-33-13-23(22)32/h8-11,15,17,22-23,32H,2-7,12-13H2,1H3,(H,26,28,29). The Morgan fingerprint density at radius 1 is 1.12 bits per heavy atom. The Morgan fingerprint density at radius 2 is 1.94 bits per heavy atom. The SMILES string of the molecule is Cc1c(Nc2ncc3cc(Cl)c(C4CCN(C5COCC5O)CC4)cc3n2)cnn1C1CC1. The number of aliphatic hydroxyl groups excluding tert-OH is 1. The summed E-state index contributed by atoms with van der Waals surface area (Å²) in [6.07, 6.45) is 7.71. The van der Waals surface area contributed by atoms with Crippen molar-refractivity contribution in [1.29, 1.82) is 0 Å². The van der Waals surface area contributed by atoms with Gasteiger partial charge in [-0.1, -0.05) is 11.6 Å². The molecule has 4 heterocycles. The van der Waals surface area contributed by atoms with E-state index in [1.54, 1.807) is 0 Å². The predicted octanol–water partition coefficient (Wildman–Crippen LogP) is 3.81. The molecule has 3 aliphatic rings. The summed E-state index contributed by atoms with van der Waals surface area (Å²) in [5.74, 6) is 0.947. The van der Waals surface area contributed by atoms with Gasteiger partial charge >= 0.3 is 0 Å². The smallest absolute Gasteiger partial charge is 0.227 e. The zero-order chi connectivity index (χ0) is 22.5. The van der Waals surface area contributed by atoms with Gasteiger partial charge in [-0.25, -0.2) is 9.97 Å². The highest BCUT2D eigenvalue weighted by atomic mass is 35.5. The van der Waals surface area contributed by atoms with Gasteiger partial charge in [-0.2, -0.15) is 5.10 Å². The molecule has 8 nitrogen and oxygen atoms in total. The average molecular weight is 469 g/mol. The molecule has 1 saturated carbocycles. The summed E-state index contributed by atoms with van der Waals surface area (Å²) in [7, 11) is 0. The Balaban J connectivity index is 1.20. The lowest BCUT2D eigenvalue weighted by atomic mass is 9.88. The first kappa shape index (κ1) is 21.3. The van der Waals surface area contributed by atoms with E-state index in [0.717, 1.165) is 58.8 Å². The highest BCUT2D eigenvalue weighted by Gasteiger charge is 2.34. The van der Waals surface area contributed by atoms with E-state index in [9.17, 15) is 5.11 Å². The van der Waals surface area contributed by atoms with Crippen LogP contribution in [0.2, 0.25) is 5.02 Å². The van der Waals surface area contributed by atoms with Gasteiger partial charge in [-0.05, 0) is 69.3 Å². The molecule has 33 heavy (non-hydrogen) atoms. The maximum Gasteiger partial charge on any atom is 0.227 e. The number of nitrogens with one attached hydrogen (secondary N) is 1. The molecular weight excluding hydrogens is 440 g/mol. The Hall–Kier alpha value is -2.26. The van der Waals surface area contributed by atoms with Crippen molar-refractivity contribution in [3.63, 3.8) is 0 Å². The average Bonchev–Trinajstić information content (AvgIpc) is 3.47. The lowest BCUT2D eigenvalue weighted by Crippen LogP contribution is -2.46. The molecule has 2 aliphatic heterocycles. The van der Waals surface area contributed by atoms with E-state index >= 15 is 0 Å². The number of piperidine rings is 1. The maximum absolute atomic E-state index is 10.2. The Morgan fingerprint density at radius 3 is 2.67 bits per heavy atom. The zero-order valence-electron chi connectivity index (χ0n) is 18.7. The highest BCUT2D eigenvalue weighted by Crippen LogP contribution is 2.38. The van der Waals surface area contributed by atoms with Gasteiger partial charge in [-0.15, -0.1) is 0 Å². The van der Waals surface area contributed by atoms with Gasteiger partial charge < -0.3 is 15.2 Å². The molecular formula is C24H29ClN6O2. The van der Waals surface area contributed by atoms with Crippen LogP contribution < -0.4 is 5.32 Å². The number of rotatable bonds is 5. The number of anilines is 2. The largest absolute Gasteiger partial charge is 0.389 e. The van der Waals surface area contributed by atoms with E-state index < -0.39 is 0 Å². The number of nitrogens with zero attached hydrogens (tertiary/aromatic N) is 5. The fraction of sp³-hybridized carbons (Fsp3) is 0.542. The first-order valence-corrected chi connectivity index (χ1v) is 12.2. The summed E-state index contributed by atoms with van der Waals surface area (Å²) in [6.45, 7) is 5.01. The molecule has 9 heteroatoms. The summed E-state index contributed by atoms with van der Waals surface area (Å²) in [5, 5.41) is 19.7. The summed E-state index contributed by atoms with van der Waals surface area (Å²) in [5.41, 5.74) is 4.10. The molecule has 1 aromatic carbocycles. The third-order valence-electron chi connectivity index (χ3n) is 7.34. The van der Waals surface area contributed by atoms with Crippen molar-refractivity contribution in [2.45, 2.75) is 56.7 Å². The van der Waals surface area contributed by atoms with Crippen LogP contribution in [0, 0.1) is 6.92 Å². The van der Waals surface area contributed by atoms with E-state index in [4.69, 9.17) is 21.3 Å². The molecule has 0 radical (unpaired) electrons. The molecule has 3 aromatic rings. The minimum Gasteiger partial charge on any atom is -0.389 e. The van der Waals surface area contributed by atoms with Gasteiger partial charge in [0.05, 0.1) is 54.5 Å².